The number of benzene rings is 2. The fraction of sp³-hybridized carbons (Fsp3) is 0.158. The Morgan fingerprint density at radius 3 is 2.26 bits per heavy atom. The minimum atomic E-state index is -0.883. The number of cyclic esters (lactones) is 1. The highest BCUT2D eigenvalue weighted by Crippen LogP contribution is 2.36. The van der Waals surface area contributed by atoms with Crippen molar-refractivity contribution in [3.63, 3.8) is 0 Å². The van der Waals surface area contributed by atoms with E-state index in [1.165, 1.54) is 27.4 Å². The summed E-state index contributed by atoms with van der Waals surface area (Å²) in [4.78, 5) is 16.1. The van der Waals surface area contributed by atoms with Gasteiger partial charge < -0.3 is 18.9 Å². The van der Waals surface area contributed by atoms with Crippen LogP contribution in [0.1, 0.15) is 11.1 Å². The molecule has 0 saturated carbocycles. The number of rotatable bonds is 5. The van der Waals surface area contributed by atoms with Gasteiger partial charge in [-0.25, -0.2) is 18.6 Å². The number of aliphatic imine (C=N–C) groups is 1. The van der Waals surface area contributed by atoms with Crippen molar-refractivity contribution >= 4 is 17.9 Å². The van der Waals surface area contributed by atoms with Crippen LogP contribution in [0.15, 0.2) is 41.0 Å². The first kappa shape index (κ1) is 18.4. The van der Waals surface area contributed by atoms with Gasteiger partial charge in [-0.05, 0) is 24.3 Å². The van der Waals surface area contributed by atoms with E-state index in [1.807, 2.05) is 0 Å². The second-order valence-corrected chi connectivity index (χ2v) is 5.41. The molecule has 140 valence electrons. The Balaban J connectivity index is 2.04. The SMILES string of the molecule is COc1cc(OC)c(OC)cc1/C=C1\N=C(c2ccc(F)cc2F)OC1=O. The van der Waals surface area contributed by atoms with Crippen LogP contribution in [0.3, 0.4) is 0 Å². The predicted octanol–water partition coefficient (Wildman–Crippen LogP) is 3.34. The third-order valence-corrected chi connectivity index (χ3v) is 3.81. The van der Waals surface area contributed by atoms with Crippen LogP contribution >= 0.6 is 0 Å². The van der Waals surface area contributed by atoms with Crippen LogP contribution < -0.4 is 14.2 Å². The van der Waals surface area contributed by atoms with Crippen molar-refractivity contribution in [2.45, 2.75) is 0 Å². The Morgan fingerprint density at radius 1 is 0.963 bits per heavy atom. The molecule has 1 aliphatic rings. The Hall–Kier alpha value is -3.42. The molecule has 0 saturated heterocycles. The second kappa shape index (κ2) is 7.45. The maximum atomic E-state index is 13.9. The van der Waals surface area contributed by atoms with Gasteiger partial charge in [0.15, 0.2) is 17.2 Å². The summed E-state index contributed by atoms with van der Waals surface area (Å²) in [5, 5.41) is 0. The lowest BCUT2D eigenvalue weighted by Gasteiger charge is -2.12. The molecule has 6 nitrogen and oxygen atoms in total. The first-order chi connectivity index (χ1) is 13.0. The minimum absolute atomic E-state index is 0.0701. The zero-order valence-corrected chi connectivity index (χ0v) is 14.7. The molecule has 0 radical (unpaired) electrons. The van der Waals surface area contributed by atoms with E-state index in [1.54, 1.807) is 12.1 Å². The van der Waals surface area contributed by atoms with Crippen LogP contribution in [0.4, 0.5) is 8.78 Å². The van der Waals surface area contributed by atoms with Crippen LogP contribution in [-0.4, -0.2) is 33.2 Å². The molecule has 2 aromatic carbocycles. The van der Waals surface area contributed by atoms with Crippen molar-refractivity contribution in [3.8, 4) is 17.2 Å². The molecule has 0 atom stereocenters. The van der Waals surface area contributed by atoms with Crippen LogP contribution in [0.5, 0.6) is 17.2 Å². The van der Waals surface area contributed by atoms with Crippen LogP contribution in [-0.2, 0) is 9.53 Å². The molecule has 0 aliphatic carbocycles. The molecule has 0 bridgehead atoms. The van der Waals surface area contributed by atoms with Gasteiger partial charge in [-0.1, -0.05) is 0 Å². The first-order valence-corrected chi connectivity index (χ1v) is 7.74. The number of halogens is 2. The number of esters is 1. The predicted molar refractivity (Wildman–Crippen MR) is 93.1 cm³/mol. The molecule has 0 spiro atoms. The maximum absolute atomic E-state index is 13.9. The molecule has 8 heteroatoms. The fourth-order valence-electron chi connectivity index (χ4n) is 2.50. The summed E-state index contributed by atoms with van der Waals surface area (Å²) < 4.78 is 47.7. The molecule has 0 N–H and O–H groups in total. The smallest absolute Gasteiger partial charge is 0.363 e. The van der Waals surface area contributed by atoms with Crippen molar-refractivity contribution in [1.29, 1.82) is 0 Å². The second-order valence-electron chi connectivity index (χ2n) is 5.41. The third-order valence-electron chi connectivity index (χ3n) is 3.81. The van der Waals surface area contributed by atoms with Gasteiger partial charge in [0.1, 0.15) is 17.4 Å². The Kier molecular flexibility index (Phi) is 5.07. The number of hydrogen-bond donors (Lipinski definition) is 0. The van der Waals surface area contributed by atoms with Crippen molar-refractivity contribution in [2.75, 3.05) is 21.3 Å². The first-order valence-electron chi connectivity index (χ1n) is 7.74. The van der Waals surface area contributed by atoms with E-state index in [-0.39, 0.29) is 17.2 Å². The minimum Gasteiger partial charge on any atom is -0.496 e. The molecule has 27 heavy (non-hydrogen) atoms. The van der Waals surface area contributed by atoms with Crippen LogP contribution in [0.25, 0.3) is 6.08 Å². The summed E-state index contributed by atoms with van der Waals surface area (Å²) in [6.07, 6.45) is 1.41. The Labute approximate surface area is 153 Å². The van der Waals surface area contributed by atoms with Crippen LogP contribution in [0, 0.1) is 11.6 Å². The topological polar surface area (TPSA) is 66.3 Å². The van der Waals surface area contributed by atoms with Gasteiger partial charge in [-0.3, -0.25) is 0 Å². The lowest BCUT2D eigenvalue weighted by atomic mass is 10.1. The summed E-state index contributed by atoms with van der Waals surface area (Å²) in [6.45, 7) is 0. The summed E-state index contributed by atoms with van der Waals surface area (Å²) in [6, 6.07) is 6.08. The van der Waals surface area contributed by atoms with Crippen molar-refractivity contribution in [3.05, 3.63) is 58.8 Å². The third kappa shape index (κ3) is 3.59. The maximum Gasteiger partial charge on any atom is 0.363 e. The molecule has 1 aliphatic heterocycles. The molecule has 0 fully saturated rings. The number of methoxy groups -OCH3 is 3. The van der Waals surface area contributed by atoms with E-state index in [2.05, 4.69) is 4.99 Å². The summed E-state index contributed by atoms with van der Waals surface area (Å²) in [5.74, 6) is -1.37. The van der Waals surface area contributed by atoms with Gasteiger partial charge in [-0.2, -0.15) is 0 Å². The van der Waals surface area contributed by atoms with Gasteiger partial charge in [0.05, 0.1) is 26.9 Å². The highest BCUT2D eigenvalue weighted by atomic mass is 19.1. The number of nitrogens with zero attached hydrogens (tertiary/aromatic N) is 1. The van der Waals surface area contributed by atoms with Crippen molar-refractivity contribution in [2.24, 2.45) is 4.99 Å². The van der Waals surface area contributed by atoms with E-state index in [9.17, 15) is 13.6 Å². The fourth-order valence-corrected chi connectivity index (χ4v) is 2.50. The Morgan fingerprint density at radius 2 is 1.63 bits per heavy atom. The van der Waals surface area contributed by atoms with Gasteiger partial charge in [0.2, 0.25) is 5.90 Å². The molecule has 3 rings (SSSR count). The van der Waals surface area contributed by atoms with E-state index in [0.29, 0.717) is 28.9 Å². The highest BCUT2D eigenvalue weighted by Gasteiger charge is 2.27. The summed E-state index contributed by atoms with van der Waals surface area (Å²) >= 11 is 0. The zero-order chi connectivity index (χ0) is 19.6. The molecular formula is C19H15F2NO5. The van der Waals surface area contributed by atoms with E-state index in [4.69, 9.17) is 18.9 Å². The monoisotopic (exact) mass is 375 g/mol. The number of carbonyl (C=O) groups is 1. The van der Waals surface area contributed by atoms with E-state index >= 15 is 0 Å². The van der Waals surface area contributed by atoms with Gasteiger partial charge in [-0.15, -0.1) is 0 Å². The van der Waals surface area contributed by atoms with Crippen LogP contribution in [0.2, 0.25) is 0 Å². The van der Waals surface area contributed by atoms with E-state index in [0.717, 1.165) is 12.1 Å². The lowest BCUT2D eigenvalue weighted by molar-refractivity contribution is -0.129. The van der Waals surface area contributed by atoms with E-state index < -0.39 is 17.6 Å². The van der Waals surface area contributed by atoms with Crippen molar-refractivity contribution in [1.82, 2.24) is 0 Å². The largest absolute Gasteiger partial charge is 0.496 e. The van der Waals surface area contributed by atoms with Gasteiger partial charge >= 0.3 is 5.97 Å². The Bertz CT molecular complexity index is 969. The zero-order valence-electron chi connectivity index (χ0n) is 14.7. The summed E-state index contributed by atoms with van der Waals surface area (Å²) in [5.41, 5.74) is 0.290. The number of hydrogen-bond acceptors (Lipinski definition) is 6. The number of ether oxygens (including phenoxy) is 4. The standard InChI is InChI=1S/C19H15F2NO5/c1-24-15-9-17(26-3)16(25-2)7-10(15)6-14-19(23)27-18(22-14)12-5-4-11(20)8-13(12)21/h4-9H,1-3H3/b14-6-. The molecular weight excluding hydrogens is 360 g/mol. The van der Waals surface area contributed by atoms with Crippen molar-refractivity contribution < 1.29 is 32.5 Å². The average Bonchev–Trinajstić information content (AvgIpc) is 3.01. The highest BCUT2D eigenvalue weighted by molar-refractivity contribution is 6.13. The molecule has 0 aromatic heterocycles. The quantitative estimate of drug-likeness (QED) is 0.592. The van der Waals surface area contributed by atoms with Gasteiger partial charge in [0, 0.05) is 17.7 Å². The molecule has 0 amide bonds. The normalized spacial score (nSPS) is 14.8. The average molecular weight is 375 g/mol. The molecule has 2 aromatic rings. The molecule has 1 heterocycles. The lowest BCUT2D eigenvalue weighted by Crippen LogP contribution is -2.07. The number of carbonyl (C=O) groups excluding carboxylic acids is 1. The summed E-state index contributed by atoms with van der Waals surface area (Å²) in [7, 11) is 4.41. The van der Waals surface area contributed by atoms with Gasteiger partial charge in [0.25, 0.3) is 0 Å². The molecule has 0 unspecified atom stereocenters.